The summed E-state index contributed by atoms with van der Waals surface area (Å²) in [5, 5.41) is 15.2. The van der Waals surface area contributed by atoms with Gasteiger partial charge in [0.2, 0.25) is 11.9 Å². The number of nitrogens with one attached hydrogen (secondary N) is 1. The van der Waals surface area contributed by atoms with Crippen molar-refractivity contribution >= 4 is 40.1 Å². The van der Waals surface area contributed by atoms with Crippen LogP contribution in [0.25, 0.3) is 11.3 Å². The Labute approximate surface area is 195 Å². The summed E-state index contributed by atoms with van der Waals surface area (Å²) in [6, 6.07) is 8.19. The minimum atomic E-state index is -0.0875. The number of ether oxygens (including phenoxy) is 1. The molecule has 0 radical (unpaired) electrons. The molecule has 1 aliphatic heterocycles. The van der Waals surface area contributed by atoms with Crippen molar-refractivity contribution in [1.82, 2.24) is 19.7 Å². The van der Waals surface area contributed by atoms with Crippen LogP contribution in [0.4, 0.5) is 11.1 Å². The van der Waals surface area contributed by atoms with Crippen LogP contribution >= 0.6 is 23.1 Å². The molecule has 32 heavy (non-hydrogen) atoms. The Hall–Kier alpha value is -2.59. The predicted molar refractivity (Wildman–Crippen MR) is 128 cm³/mol. The number of methoxy groups -OCH3 is 1. The van der Waals surface area contributed by atoms with Crippen LogP contribution in [0.3, 0.4) is 0 Å². The first kappa shape index (κ1) is 21.3. The minimum Gasteiger partial charge on any atom is -0.497 e. The van der Waals surface area contributed by atoms with Gasteiger partial charge in [-0.3, -0.25) is 9.36 Å². The Morgan fingerprint density at radius 1 is 1.19 bits per heavy atom. The van der Waals surface area contributed by atoms with E-state index in [1.54, 1.807) is 7.11 Å². The Morgan fingerprint density at radius 2 is 1.97 bits per heavy atom. The lowest BCUT2D eigenvalue weighted by molar-refractivity contribution is -0.113. The molecule has 2 aliphatic rings. The standard InChI is InChI=1S/C22H26N6O2S2/c1-30-17-9-5-15(6-10-17)18-13-31-20(23-18)24-19(29)14-32-22-26-25-21(28(22)16-7-8-16)27-11-3-2-4-12-27/h5-6,9-10,13,16H,2-4,7-8,11-12,14H2,1H3,(H,23,24,29). The monoisotopic (exact) mass is 470 g/mol. The quantitative estimate of drug-likeness (QED) is 0.486. The maximum Gasteiger partial charge on any atom is 0.236 e. The molecule has 5 rings (SSSR count). The molecule has 0 spiro atoms. The van der Waals surface area contributed by atoms with Crippen LogP contribution in [0.15, 0.2) is 34.8 Å². The SMILES string of the molecule is COc1ccc(-c2csc(NC(=O)CSc3nnc(N4CCCCC4)n3C3CC3)n2)cc1. The molecule has 1 aliphatic carbocycles. The average Bonchev–Trinajstić information content (AvgIpc) is 3.41. The number of hydrogen-bond acceptors (Lipinski definition) is 8. The summed E-state index contributed by atoms with van der Waals surface area (Å²) in [5.74, 6) is 1.97. The number of benzene rings is 1. The van der Waals surface area contributed by atoms with Gasteiger partial charge >= 0.3 is 0 Å². The fraction of sp³-hybridized carbons (Fsp3) is 0.455. The largest absolute Gasteiger partial charge is 0.497 e. The van der Waals surface area contributed by atoms with Gasteiger partial charge in [0.1, 0.15) is 5.75 Å². The molecule has 0 bridgehead atoms. The summed E-state index contributed by atoms with van der Waals surface area (Å²) in [5.41, 5.74) is 1.82. The van der Waals surface area contributed by atoms with E-state index < -0.39 is 0 Å². The maximum atomic E-state index is 12.6. The van der Waals surface area contributed by atoms with Gasteiger partial charge in [0.05, 0.1) is 18.6 Å². The van der Waals surface area contributed by atoms with E-state index in [4.69, 9.17) is 4.74 Å². The van der Waals surface area contributed by atoms with Crippen LogP contribution in [-0.2, 0) is 4.79 Å². The van der Waals surface area contributed by atoms with E-state index in [1.807, 2.05) is 29.6 Å². The Balaban J connectivity index is 1.20. The van der Waals surface area contributed by atoms with Crippen molar-refractivity contribution in [1.29, 1.82) is 0 Å². The van der Waals surface area contributed by atoms with Crippen molar-refractivity contribution in [3.63, 3.8) is 0 Å². The van der Waals surface area contributed by atoms with Crippen LogP contribution in [-0.4, -0.2) is 51.6 Å². The van der Waals surface area contributed by atoms with E-state index in [-0.39, 0.29) is 11.7 Å². The number of thioether (sulfide) groups is 1. The van der Waals surface area contributed by atoms with E-state index in [1.165, 1.54) is 42.4 Å². The Bertz CT molecular complexity index is 1070. The maximum absolute atomic E-state index is 12.6. The van der Waals surface area contributed by atoms with Crippen LogP contribution in [0.1, 0.15) is 38.1 Å². The number of thiazole rings is 1. The third-order valence-electron chi connectivity index (χ3n) is 5.67. The molecule has 0 unspecified atom stereocenters. The number of carbonyl (C=O) groups excluding carboxylic acids is 1. The average molecular weight is 471 g/mol. The minimum absolute atomic E-state index is 0.0875. The fourth-order valence-corrected chi connectivity index (χ4v) is 5.38. The highest BCUT2D eigenvalue weighted by Gasteiger charge is 2.32. The van der Waals surface area contributed by atoms with E-state index in [0.717, 1.165) is 54.0 Å². The summed E-state index contributed by atoms with van der Waals surface area (Å²) in [6.07, 6.45) is 6.01. The van der Waals surface area contributed by atoms with Crippen molar-refractivity contribution in [3.8, 4) is 17.0 Å². The van der Waals surface area contributed by atoms with Crippen molar-refractivity contribution in [2.75, 3.05) is 36.2 Å². The van der Waals surface area contributed by atoms with E-state index in [0.29, 0.717) is 11.2 Å². The van der Waals surface area contributed by atoms with Gasteiger partial charge in [-0.2, -0.15) is 0 Å². The summed E-state index contributed by atoms with van der Waals surface area (Å²) in [6.45, 7) is 2.08. The molecule has 1 saturated heterocycles. The molecular formula is C22H26N6O2S2. The zero-order valence-electron chi connectivity index (χ0n) is 18.0. The zero-order valence-corrected chi connectivity index (χ0v) is 19.6. The van der Waals surface area contributed by atoms with E-state index in [9.17, 15) is 4.79 Å². The molecule has 1 aromatic carbocycles. The molecule has 2 aromatic heterocycles. The fourth-order valence-electron chi connectivity index (χ4n) is 3.84. The number of aromatic nitrogens is 4. The zero-order chi connectivity index (χ0) is 21.9. The summed E-state index contributed by atoms with van der Waals surface area (Å²) in [4.78, 5) is 19.5. The highest BCUT2D eigenvalue weighted by atomic mass is 32.2. The second kappa shape index (κ2) is 9.50. The number of anilines is 2. The molecule has 1 saturated carbocycles. The van der Waals surface area contributed by atoms with E-state index in [2.05, 4.69) is 30.0 Å². The first-order valence-corrected chi connectivity index (χ1v) is 12.8. The Morgan fingerprint density at radius 3 is 2.69 bits per heavy atom. The summed E-state index contributed by atoms with van der Waals surface area (Å²) < 4.78 is 7.44. The summed E-state index contributed by atoms with van der Waals surface area (Å²) in [7, 11) is 1.64. The first-order valence-electron chi connectivity index (χ1n) is 10.9. The van der Waals surface area contributed by atoms with Crippen LogP contribution in [0.5, 0.6) is 5.75 Å². The first-order chi connectivity index (χ1) is 15.7. The topological polar surface area (TPSA) is 85.2 Å². The highest BCUT2D eigenvalue weighted by Crippen LogP contribution is 2.41. The molecule has 1 amide bonds. The molecule has 3 aromatic rings. The van der Waals surface area contributed by atoms with Crippen LogP contribution in [0, 0.1) is 0 Å². The second-order valence-electron chi connectivity index (χ2n) is 8.03. The lowest BCUT2D eigenvalue weighted by Crippen LogP contribution is -2.32. The lowest BCUT2D eigenvalue weighted by atomic mass is 10.1. The van der Waals surface area contributed by atoms with Gasteiger partial charge in [-0.05, 0) is 56.4 Å². The highest BCUT2D eigenvalue weighted by molar-refractivity contribution is 7.99. The molecular weight excluding hydrogens is 444 g/mol. The predicted octanol–water partition coefficient (Wildman–Crippen LogP) is 4.47. The van der Waals surface area contributed by atoms with Crippen molar-refractivity contribution < 1.29 is 9.53 Å². The molecule has 10 heteroatoms. The molecule has 168 valence electrons. The molecule has 1 N–H and O–H groups in total. The van der Waals surface area contributed by atoms with Crippen molar-refractivity contribution in [2.45, 2.75) is 43.3 Å². The normalized spacial score (nSPS) is 16.2. The molecule has 0 atom stereocenters. The lowest BCUT2D eigenvalue weighted by Gasteiger charge is -2.27. The van der Waals surface area contributed by atoms with Crippen molar-refractivity contribution in [3.05, 3.63) is 29.6 Å². The van der Waals surface area contributed by atoms with Gasteiger partial charge < -0.3 is 15.0 Å². The van der Waals surface area contributed by atoms with Gasteiger partial charge in [-0.1, -0.05) is 11.8 Å². The molecule has 8 nitrogen and oxygen atoms in total. The third-order valence-corrected chi connectivity index (χ3v) is 7.37. The van der Waals surface area contributed by atoms with Crippen molar-refractivity contribution in [2.24, 2.45) is 0 Å². The molecule has 3 heterocycles. The number of amides is 1. The Kier molecular flexibility index (Phi) is 6.31. The number of nitrogens with zero attached hydrogens (tertiary/aromatic N) is 5. The second-order valence-corrected chi connectivity index (χ2v) is 9.84. The van der Waals surface area contributed by atoms with Gasteiger partial charge in [0.15, 0.2) is 10.3 Å². The number of piperidine rings is 1. The van der Waals surface area contributed by atoms with Crippen LogP contribution in [0.2, 0.25) is 0 Å². The van der Waals surface area contributed by atoms with E-state index >= 15 is 0 Å². The van der Waals surface area contributed by atoms with Gasteiger partial charge in [-0.25, -0.2) is 4.98 Å². The molecule has 2 fully saturated rings. The number of hydrogen-bond donors (Lipinski definition) is 1. The third kappa shape index (κ3) is 4.75. The van der Waals surface area contributed by atoms with Gasteiger partial charge in [0.25, 0.3) is 0 Å². The van der Waals surface area contributed by atoms with Gasteiger partial charge in [-0.15, -0.1) is 21.5 Å². The summed E-state index contributed by atoms with van der Waals surface area (Å²) >= 11 is 2.87. The van der Waals surface area contributed by atoms with Crippen LogP contribution < -0.4 is 15.0 Å². The number of rotatable bonds is 8. The number of carbonyl (C=O) groups is 1. The van der Waals surface area contributed by atoms with Gasteiger partial charge in [0, 0.05) is 30.1 Å². The smallest absolute Gasteiger partial charge is 0.236 e.